The maximum Gasteiger partial charge on any atom is 0.321 e. The van der Waals surface area contributed by atoms with Gasteiger partial charge in [-0.05, 0) is 24.1 Å². The van der Waals surface area contributed by atoms with E-state index >= 15 is 0 Å². The lowest BCUT2D eigenvalue weighted by Crippen LogP contribution is -2.35. The minimum Gasteiger partial charge on any atom is -0.469 e. The van der Waals surface area contributed by atoms with E-state index in [1.54, 1.807) is 24.3 Å². The number of ether oxygens (including phenoxy) is 2. The summed E-state index contributed by atoms with van der Waals surface area (Å²) in [5, 5.41) is 19.9. The highest BCUT2D eigenvalue weighted by atomic mass is 16.8. The fourth-order valence-electron chi connectivity index (χ4n) is 2.64. The van der Waals surface area contributed by atoms with E-state index in [0.717, 1.165) is 18.4 Å². The second kappa shape index (κ2) is 11.9. The number of carbonyl (C=O) groups is 1. The molecule has 2 N–H and O–H groups in total. The highest BCUT2D eigenvalue weighted by Crippen LogP contribution is 2.21. The summed E-state index contributed by atoms with van der Waals surface area (Å²) < 4.78 is 9.85. The summed E-state index contributed by atoms with van der Waals surface area (Å²) in [6.07, 6.45) is 9.43. The van der Waals surface area contributed by atoms with Crippen LogP contribution in [0.4, 0.5) is 0 Å². The lowest BCUT2D eigenvalue weighted by atomic mass is 10.1. The van der Waals surface area contributed by atoms with Gasteiger partial charge in [0.15, 0.2) is 0 Å². The molecule has 0 aliphatic rings. The maximum absolute atomic E-state index is 11.2. The zero-order valence-electron chi connectivity index (χ0n) is 15.5. The van der Waals surface area contributed by atoms with Gasteiger partial charge < -0.3 is 19.7 Å². The molecule has 5 heteroatoms. The molecule has 1 aromatic carbocycles. The quantitative estimate of drug-likeness (QED) is 0.319. The van der Waals surface area contributed by atoms with E-state index in [1.165, 1.54) is 39.2 Å². The van der Waals surface area contributed by atoms with Crippen LogP contribution in [0, 0.1) is 0 Å². The smallest absolute Gasteiger partial charge is 0.321 e. The van der Waals surface area contributed by atoms with E-state index < -0.39 is 5.97 Å². The fraction of sp³-hybridized carbons (Fsp3) is 0.650. The van der Waals surface area contributed by atoms with Crippen LogP contribution in [-0.4, -0.2) is 29.3 Å². The first kappa shape index (κ1) is 21.5. The summed E-state index contributed by atoms with van der Waals surface area (Å²) in [7, 11) is 1.34. The molecule has 25 heavy (non-hydrogen) atoms. The van der Waals surface area contributed by atoms with Crippen molar-refractivity contribution < 1.29 is 24.5 Å². The Kier molecular flexibility index (Phi) is 10.2. The third-order valence-electron chi connectivity index (χ3n) is 4.14. The number of hydrogen-bond donors (Lipinski definition) is 2. The topological polar surface area (TPSA) is 76.0 Å². The Morgan fingerprint density at radius 2 is 1.52 bits per heavy atom. The van der Waals surface area contributed by atoms with Crippen LogP contribution in [0.5, 0.6) is 5.75 Å². The first-order valence-corrected chi connectivity index (χ1v) is 9.26. The average molecular weight is 352 g/mol. The molecule has 0 fully saturated rings. The second-order valence-electron chi connectivity index (χ2n) is 6.47. The van der Waals surface area contributed by atoms with Gasteiger partial charge in [0, 0.05) is 6.42 Å². The molecular formula is C20H32O5. The third-order valence-corrected chi connectivity index (χ3v) is 4.14. The summed E-state index contributed by atoms with van der Waals surface area (Å²) in [4.78, 5) is 11.2. The molecule has 1 aromatic rings. The monoisotopic (exact) mass is 352 g/mol. The van der Waals surface area contributed by atoms with Crippen LogP contribution in [0.25, 0.3) is 0 Å². The Morgan fingerprint density at radius 3 is 2.08 bits per heavy atom. The predicted octanol–water partition coefficient (Wildman–Crippen LogP) is 3.95. The number of methoxy groups -OCH3 is 1. The molecular weight excluding hydrogens is 320 g/mol. The highest BCUT2D eigenvalue weighted by molar-refractivity contribution is 5.72. The van der Waals surface area contributed by atoms with Crippen LogP contribution >= 0.6 is 0 Å². The molecule has 0 radical (unpaired) electrons. The largest absolute Gasteiger partial charge is 0.469 e. The van der Waals surface area contributed by atoms with Crippen molar-refractivity contribution in [1.82, 2.24) is 0 Å². The molecule has 0 aliphatic carbocycles. The zero-order valence-corrected chi connectivity index (χ0v) is 15.5. The number of benzene rings is 1. The molecule has 0 heterocycles. The van der Waals surface area contributed by atoms with Gasteiger partial charge in [-0.2, -0.15) is 0 Å². The molecule has 1 rings (SSSR count). The Balaban J connectivity index is 2.26. The predicted molar refractivity (Wildman–Crippen MR) is 97.2 cm³/mol. The zero-order chi connectivity index (χ0) is 18.5. The van der Waals surface area contributed by atoms with Gasteiger partial charge in [-0.1, -0.05) is 64.0 Å². The normalized spacial score (nSPS) is 11.4. The van der Waals surface area contributed by atoms with E-state index in [4.69, 9.17) is 4.74 Å². The van der Waals surface area contributed by atoms with E-state index in [-0.39, 0.29) is 18.8 Å². The van der Waals surface area contributed by atoms with Gasteiger partial charge in [0.25, 0.3) is 0 Å². The van der Waals surface area contributed by atoms with Gasteiger partial charge in [0.1, 0.15) is 5.75 Å². The minimum atomic E-state index is -2.16. The SMILES string of the molecule is CCCCCCCCCCC(O)(O)Oc1ccc(CC(=O)OC)cc1. The maximum atomic E-state index is 11.2. The average Bonchev–Trinajstić information content (AvgIpc) is 2.58. The molecule has 0 saturated heterocycles. The van der Waals surface area contributed by atoms with Crippen LogP contribution < -0.4 is 4.74 Å². The third kappa shape index (κ3) is 10.1. The molecule has 5 nitrogen and oxygen atoms in total. The first-order chi connectivity index (χ1) is 12.0. The molecule has 0 amide bonds. The van der Waals surface area contributed by atoms with Crippen molar-refractivity contribution in [3.05, 3.63) is 29.8 Å². The Labute approximate surface area is 151 Å². The molecule has 0 unspecified atom stereocenters. The van der Waals surface area contributed by atoms with Crippen LogP contribution in [0.2, 0.25) is 0 Å². The van der Waals surface area contributed by atoms with Crippen molar-refractivity contribution >= 4 is 5.97 Å². The molecule has 0 aliphatic heterocycles. The van der Waals surface area contributed by atoms with Crippen molar-refractivity contribution in [1.29, 1.82) is 0 Å². The number of aliphatic hydroxyl groups is 2. The van der Waals surface area contributed by atoms with Crippen molar-refractivity contribution in [2.24, 2.45) is 0 Å². The first-order valence-electron chi connectivity index (χ1n) is 9.26. The van der Waals surface area contributed by atoms with Gasteiger partial charge >= 0.3 is 11.9 Å². The van der Waals surface area contributed by atoms with Crippen molar-refractivity contribution in [3.63, 3.8) is 0 Å². The van der Waals surface area contributed by atoms with Gasteiger partial charge in [0.05, 0.1) is 13.5 Å². The molecule has 0 aromatic heterocycles. The van der Waals surface area contributed by atoms with E-state index in [9.17, 15) is 15.0 Å². The number of unbranched alkanes of at least 4 members (excludes halogenated alkanes) is 7. The Hall–Kier alpha value is -1.59. The van der Waals surface area contributed by atoms with E-state index in [0.29, 0.717) is 12.2 Å². The van der Waals surface area contributed by atoms with E-state index in [1.807, 2.05) is 0 Å². The van der Waals surface area contributed by atoms with Crippen molar-refractivity contribution in [2.75, 3.05) is 7.11 Å². The molecule has 142 valence electrons. The Morgan fingerprint density at radius 1 is 0.960 bits per heavy atom. The number of hydrogen-bond acceptors (Lipinski definition) is 5. The second-order valence-corrected chi connectivity index (χ2v) is 6.47. The lowest BCUT2D eigenvalue weighted by Gasteiger charge is -2.22. The molecule has 0 bridgehead atoms. The van der Waals surface area contributed by atoms with Crippen LogP contribution in [0.1, 0.15) is 70.3 Å². The summed E-state index contributed by atoms with van der Waals surface area (Å²) in [5.41, 5.74) is 0.781. The minimum absolute atomic E-state index is 0.172. The van der Waals surface area contributed by atoms with Crippen molar-refractivity contribution in [3.8, 4) is 5.75 Å². The van der Waals surface area contributed by atoms with Gasteiger partial charge in [-0.25, -0.2) is 0 Å². The lowest BCUT2D eigenvalue weighted by molar-refractivity contribution is -0.296. The molecule has 0 atom stereocenters. The number of carbonyl (C=O) groups excluding carboxylic acids is 1. The van der Waals surface area contributed by atoms with Crippen LogP contribution in [0.3, 0.4) is 0 Å². The standard InChI is InChI=1S/C20H32O5/c1-3-4-5-6-7-8-9-10-15-20(22,23)25-18-13-11-17(12-14-18)16-19(21)24-2/h11-14,22-23H,3-10,15-16H2,1-2H3. The van der Waals surface area contributed by atoms with Gasteiger partial charge in [-0.3, -0.25) is 4.79 Å². The van der Waals surface area contributed by atoms with Crippen LogP contribution in [-0.2, 0) is 16.0 Å². The molecule has 0 saturated carbocycles. The summed E-state index contributed by atoms with van der Waals surface area (Å²) in [6, 6.07) is 6.65. The highest BCUT2D eigenvalue weighted by Gasteiger charge is 2.24. The van der Waals surface area contributed by atoms with Gasteiger partial charge in [-0.15, -0.1) is 0 Å². The fourth-order valence-corrected chi connectivity index (χ4v) is 2.64. The van der Waals surface area contributed by atoms with Gasteiger partial charge in [0.2, 0.25) is 0 Å². The Bertz CT molecular complexity index is 481. The van der Waals surface area contributed by atoms with Crippen molar-refractivity contribution in [2.45, 2.75) is 77.1 Å². The number of rotatable bonds is 13. The number of esters is 1. The molecule has 0 spiro atoms. The summed E-state index contributed by atoms with van der Waals surface area (Å²) in [6.45, 7) is 2.20. The van der Waals surface area contributed by atoms with E-state index in [2.05, 4.69) is 11.7 Å². The summed E-state index contributed by atoms with van der Waals surface area (Å²) in [5.74, 6) is -2.12. The summed E-state index contributed by atoms with van der Waals surface area (Å²) >= 11 is 0. The van der Waals surface area contributed by atoms with Crippen LogP contribution in [0.15, 0.2) is 24.3 Å².